The maximum absolute atomic E-state index is 12.2. The molecule has 21 heavy (non-hydrogen) atoms. The van der Waals surface area contributed by atoms with Crippen LogP contribution in [-0.4, -0.2) is 35.5 Å². The number of carboxylic acids is 1. The van der Waals surface area contributed by atoms with E-state index in [0.717, 1.165) is 16.3 Å². The van der Waals surface area contributed by atoms with Crippen molar-refractivity contribution in [2.75, 3.05) is 13.6 Å². The number of aliphatic carboxylic acids is 1. The zero-order chi connectivity index (χ0) is 15.2. The summed E-state index contributed by atoms with van der Waals surface area (Å²) in [6, 6.07) is 13.9. The molecule has 0 aliphatic rings. The first-order valence-electron chi connectivity index (χ1n) is 7.00. The first kappa shape index (κ1) is 15.0. The number of carbonyl (C=O) groups is 2. The van der Waals surface area contributed by atoms with E-state index in [0.29, 0.717) is 19.4 Å². The fourth-order valence-corrected chi connectivity index (χ4v) is 2.34. The Morgan fingerprint density at radius 2 is 1.81 bits per heavy atom. The SMILES string of the molecule is CN(CCCC(=O)O)C(=O)Cc1cccc2ccccc12. The maximum atomic E-state index is 12.2. The largest absolute Gasteiger partial charge is 0.481 e. The predicted molar refractivity (Wildman–Crippen MR) is 82.2 cm³/mol. The number of amides is 1. The van der Waals surface area contributed by atoms with Gasteiger partial charge in [-0.05, 0) is 22.8 Å². The summed E-state index contributed by atoms with van der Waals surface area (Å²) >= 11 is 0. The van der Waals surface area contributed by atoms with Crippen molar-refractivity contribution >= 4 is 22.6 Å². The Morgan fingerprint density at radius 1 is 1.10 bits per heavy atom. The average molecular weight is 285 g/mol. The molecule has 0 aliphatic carbocycles. The summed E-state index contributed by atoms with van der Waals surface area (Å²) in [5.41, 5.74) is 1.00. The first-order valence-corrected chi connectivity index (χ1v) is 7.00. The van der Waals surface area contributed by atoms with Crippen LogP contribution >= 0.6 is 0 Å². The lowest BCUT2D eigenvalue weighted by atomic mass is 10.0. The quantitative estimate of drug-likeness (QED) is 0.887. The molecule has 0 atom stereocenters. The van der Waals surface area contributed by atoms with E-state index in [1.165, 1.54) is 0 Å². The Bertz CT molecular complexity index is 646. The van der Waals surface area contributed by atoms with Crippen molar-refractivity contribution in [3.05, 3.63) is 48.0 Å². The van der Waals surface area contributed by atoms with Crippen molar-refractivity contribution in [1.29, 1.82) is 0 Å². The average Bonchev–Trinajstić information content (AvgIpc) is 2.47. The second kappa shape index (κ2) is 6.88. The van der Waals surface area contributed by atoms with Gasteiger partial charge in [0.1, 0.15) is 0 Å². The molecule has 2 aromatic carbocycles. The number of likely N-dealkylation sites (N-methyl/N-ethyl adjacent to an activating group) is 1. The van der Waals surface area contributed by atoms with Gasteiger partial charge in [-0.3, -0.25) is 9.59 Å². The standard InChI is InChI=1S/C17H19NO3/c1-18(11-5-10-17(20)21)16(19)12-14-8-4-7-13-6-2-3-9-15(13)14/h2-4,6-9H,5,10-12H2,1H3,(H,20,21). The minimum Gasteiger partial charge on any atom is -0.481 e. The lowest BCUT2D eigenvalue weighted by Gasteiger charge is -2.17. The molecule has 0 unspecified atom stereocenters. The third kappa shape index (κ3) is 4.05. The Morgan fingerprint density at radius 3 is 2.57 bits per heavy atom. The highest BCUT2D eigenvalue weighted by Gasteiger charge is 2.11. The molecule has 0 radical (unpaired) electrons. The summed E-state index contributed by atoms with van der Waals surface area (Å²) in [6.45, 7) is 0.468. The second-order valence-electron chi connectivity index (χ2n) is 5.13. The van der Waals surface area contributed by atoms with Gasteiger partial charge >= 0.3 is 5.97 Å². The Hall–Kier alpha value is -2.36. The van der Waals surface area contributed by atoms with Gasteiger partial charge in [0.05, 0.1) is 6.42 Å². The lowest BCUT2D eigenvalue weighted by molar-refractivity contribution is -0.138. The number of benzene rings is 2. The molecule has 1 amide bonds. The van der Waals surface area contributed by atoms with Gasteiger partial charge in [-0.2, -0.15) is 0 Å². The molecule has 0 spiro atoms. The molecule has 4 heteroatoms. The number of fused-ring (bicyclic) bond motifs is 1. The third-order valence-electron chi connectivity index (χ3n) is 3.53. The summed E-state index contributed by atoms with van der Waals surface area (Å²) < 4.78 is 0. The van der Waals surface area contributed by atoms with E-state index in [1.807, 2.05) is 42.5 Å². The molecule has 0 bridgehead atoms. The summed E-state index contributed by atoms with van der Waals surface area (Å²) in [5.74, 6) is -0.818. The van der Waals surface area contributed by atoms with Crippen LogP contribution in [0.3, 0.4) is 0 Å². The minimum atomic E-state index is -0.829. The summed E-state index contributed by atoms with van der Waals surface area (Å²) in [7, 11) is 1.72. The van der Waals surface area contributed by atoms with Crippen LogP contribution in [-0.2, 0) is 16.0 Å². The van der Waals surface area contributed by atoms with Crippen molar-refractivity contribution in [3.8, 4) is 0 Å². The predicted octanol–water partition coefficient (Wildman–Crippen LogP) is 2.71. The van der Waals surface area contributed by atoms with Crippen molar-refractivity contribution < 1.29 is 14.7 Å². The monoisotopic (exact) mass is 285 g/mol. The lowest BCUT2D eigenvalue weighted by Crippen LogP contribution is -2.29. The fourth-order valence-electron chi connectivity index (χ4n) is 2.34. The molecule has 0 fully saturated rings. The highest BCUT2D eigenvalue weighted by Crippen LogP contribution is 2.19. The van der Waals surface area contributed by atoms with Gasteiger partial charge in [0.2, 0.25) is 5.91 Å². The molecule has 2 rings (SSSR count). The Labute approximate surface area is 124 Å². The maximum Gasteiger partial charge on any atom is 0.303 e. The number of rotatable bonds is 6. The van der Waals surface area contributed by atoms with Gasteiger partial charge in [0, 0.05) is 20.0 Å². The van der Waals surface area contributed by atoms with Crippen LogP contribution in [0.1, 0.15) is 18.4 Å². The van der Waals surface area contributed by atoms with E-state index in [2.05, 4.69) is 0 Å². The van der Waals surface area contributed by atoms with Crippen molar-refractivity contribution in [1.82, 2.24) is 4.90 Å². The third-order valence-corrected chi connectivity index (χ3v) is 3.53. The highest BCUT2D eigenvalue weighted by molar-refractivity contribution is 5.90. The number of carbonyl (C=O) groups excluding carboxylic acids is 1. The number of nitrogens with zero attached hydrogens (tertiary/aromatic N) is 1. The normalized spacial score (nSPS) is 10.5. The van der Waals surface area contributed by atoms with Crippen molar-refractivity contribution in [2.24, 2.45) is 0 Å². The molecule has 110 valence electrons. The van der Waals surface area contributed by atoms with E-state index in [9.17, 15) is 9.59 Å². The molecular weight excluding hydrogens is 266 g/mol. The summed E-state index contributed by atoms with van der Waals surface area (Å²) in [6.07, 6.45) is 0.907. The molecule has 1 N–H and O–H groups in total. The van der Waals surface area contributed by atoms with Gasteiger partial charge in [0.25, 0.3) is 0 Å². The molecule has 0 heterocycles. The van der Waals surface area contributed by atoms with E-state index >= 15 is 0 Å². The van der Waals surface area contributed by atoms with E-state index in [1.54, 1.807) is 11.9 Å². The Balaban J connectivity index is 2.02. The van der Waals surface area contributed by atoms with Crippen LogP contribution in [0.2, 0.25) is 0 Å². The molecular formula is C17H19NO3. The van der Waals surface area contributed by atoms with E-state index in [4.69, 9.17) is 5.11 Å². The van der Waals surface area contributed by atoms with Gasteiger partial charge in [0.15, 0.2) is 0 Å². The molecule has 2 aromatic rings. The smallest absolute Gasteiger partial charge is 0.303 e. The van der Waals surface area contributed by atoms with Gasteiger partial charge in [-0.1, -0.05) is 42.5 Å². The molecule has 0 saturated heterocycles. The van der Waals surface area contributed by atoms with Crippen LogP contribution in [0, 0.1) is 0 Å². The number of hydrogen-bond donors (Lipinski definition) is 1. The Kier molecular flexibility index (Phi) is 4.93. The van der Waals surface area contributed by atoms with E-state index < -0.39 is 5.97 Å². The minimum absolute atomic E-state index is 0.0109. The van der Waals surface area contributed by atoms with Gasteiger partial charge < -0.3 is 10.0 Å². The zero-order valence-electron chi connectivity index (χ0n) is 12.1. The van der Waals surface area contributed by atoms with Crippen LogP contribution in [0.15, 0.2) is 42.5 Å². The van der Waals surface area contributed by atoms with Crippen LogP contribution in [0.5, 0.6) is 0 Å². The second-order valence-corrected chi connectivity index (χ2v) is 5.13. The van der Waals surface area contributed by atoms with Crippen LogP contribution < -0.4 is 0 Å². The molecule has 4 nitrogen and oxygen atoms in total. The topological polar surface area (TPSA) is 57.6 Å². The highest BCUT2D eigenvalue weighted by atomic mass is 16.4. The zero-order valence-corrected chi connectivity index (χ0v) is 12.1. The first-order chi connectivity index (χ1) is 10.1. The van der Waals surface area contributed by atoms with Crippen molar-refractivity contribution in [3.63, 3.8) is 0 Å². The van der Waals surface area contributed by atoms with Crippen LogP contribution in [0.4, 0.5) is 0 Å². The van der Waals surface area contributed by atoms with Gasteiger partial charge in [-0.15, -0.1) is 0 Å². The number of hydrogen-bond acceptors (Lipinski definition) is 2. The van der Waals surface area contributed by atoms with Gasteiger partial charge in [-0.25, -0.2) is 0 Å². The number of carboxylic acid groups (broad SMARTS) is 1. The van der Waals surface area contributed by atoms with Crippen molar-refractivity contribution in [2.45, 2.75) is 19.3 Å². The van der Waals surface area contributed by atoms with E-state index in [-0.39, 0.29) is 12.3 Å². The fraction of sp³-hybridized carbons (Fsp3) is 0.294. The van der Waals surface area contributed by atoms with Crippen LogP contribution in [0.25, 0.3) is 10.8 Å². The molecule has 0 aromatic heterocycles. The molecule has 0 aliphatic heterocycles. The summed E-state index contributed by atoms with van der Waals surface area (Å²) in [5, 5.41) is 10.8. The summed E-state index contributed by atoms with van der Waals surface area (Å²) in [4.78, 5) is 24.3. The molecule has 0 saturated carbocycles.